The third-order valence-electron chi connectivity index (χ3n) is 6.83. The topological polar surface area (TPSA) is 52.0 Å². The maximum absolute atomic E-state index is 14.7. The number of aromatic nitrogens is 4. The lowest BCUT2D eigenvalue weighted by molar-refractivity contribution is 0.491. The van der Waals surface area contributed by atoms with Gasteiger partial charge in [0.05, 0.1) is 35.7 Å². The fourth-order valence-corrected chi connectivity index (χ4v) is 5.02. The van der Waals surface area contributed by atoms with E-state index in [-0.39, 0.29) is 5.69 Å². The van der Waals surface area contributed by atoms with Crippen LogP contribution in [0.1, 0.15) is 6.42 Å². The first-order valence-corrected chi connectivity index (χ1v) is 11.4. The Labute approximate surface area is 196 Å². The molecule has 0 saturated carbocycles. The van der Waals surface area contributed by atoms with Gasteiger partial charge in [-0.25, -0.2) is 9.24 Å². The van der Waals surface area contributed by atoms with Crippen LogP contribution >= 0.6 is 0 Å². The zero-order chi connectivity index (χ0) is 23.2. The van der Waals surface area contributed by atoms with E-state index in [0.29, 0.717) is 11.5 Å². The van der Waals surface area contributed by atoms with Crippen LogP contribution in [0.5, 0.6) is 0 Å². The molecule has 3 aromatic heterocycles. The van der Waals surface area contributed by atoms with Crippen LogP contribution in [0, 0.1) is 18.3 Å². The van der Waals surface area contributed by atoms with E-state index in [0.717, 1.165) is 64.7 Å². The van der Waals surface area contributed by atoms with Crippen LogP contribution in [-0.4, -0.2) is 32.4 Å². The molecule has 34 heavy (non-hydrogen) atoms. The summed E-state index contributed by atoms with van der Waals surface area (Å²) in [6, 6.07) is 13.1. The molecular formula is C27H23FN6. The molecule has 0 aliphatic carbocycles. The van der Waals surface area contributed by atoms with Crippen molar-refractivity contribution in [3.63, 3.8) is 0 Å². The van der Waals surface area contributed by atoms with Gasteiger partial charge in [-0.2, -0.15) is 5.10 Å². The molecule has 0 amide bonds. The Balaban J connectivity index is 1.57. The summed E-state index contributed by atoms with van der Waals surface area (Å²) < 4.78 is 18.8. The van der Waals surface area contributed by atoms with Crippen LogP contribution in [0.3, 0.4) is 0 Å². The molecule has 7 heteroatoms. The predicted molar refractivity (Wildman–Crippen MR) is 132 cm³/mol. The molecule has 1 N–H and O–H groups in total. The third-order valence-corrected chi connectivity index (χ3v) is 6.83. The zero-order valence-corrected chi connectivity index (χ0v) is 18.8. The van der Waals surface area contributed by atoms with Crippen LogP contribution in [0.25, 0.3) is 49.0 Å². The van der Waals surface area contributed by atoms with E-state index in [1.165, 1.54) is 6.07 Å². The number of hydrogen-bond donors (Lipinski definition) is 1. The molecule has 6 nitrogen and oxygen atoms in total. The van der Waals surface area contributed by atoms with Gasteiger partial charge < -0.3 is 9.88 Å². The van der Waals surface area contributed by atoms with Gasteiger partial charge in [0.1, 0.15) is 5.82 Å². The molecule has 0 unspecified atom stereocenters. The Hall–Kier alpha value is -4.02. The minimum atomic E-state index is -0.519. The van der Waals surface area contributed by atoms with Crippen molar-refractivity contribution in [1.29, 1.82) is 0 Å². The second kappa shape index (κ2) is 8.08. The van der Waals surface area contributed by atoms with Crippen molar-refractivity contribution in [2.45, 2.75) is 13.0 Å². The number of halogens is 1. The fraction of sp³-hybridized carbons (Fsp3) is 0.222. The lowest BCUT2D eigenvalue weighted by atomic mass is 9.95. The highest BCUT2D eigenvalue weighted by Crippen LogP contribution is 2.39. The summed E-state index contributed by atoms with van der Waals surface area (Å²) in [7, 11) is 1.92. The molecule has 0 bridgehead atoms. The number of aryl methyl sites for hydroxylation is 1. The Morgan fingerprint density at radius 2 is 2.00 bits per heavy atom. The minimum absolute atomic E-state index is 0.0213. The summed E-state index contributed by atoms with van der Waals surface area (Å²) in [6.07, 6.45) is 7.03. The summed E-state index contributed by atoms with van der Waals surface area (Å²) in [5.74, 6) is 0.0652. The largest absolute Gasteiger partial charge is 0.346 e. The first-order chi connectivity index (χ1) is 16.6. The van der Waals surface area contributed by atoms with E-state index in [2.05, 4.69) is 38.2 Å². The van der Waals surface area contributed by atoms with Crippen molar-refractivity contribution in [1.82, 2.24) is 24.6 Å². The van der Waals surface area contributed by atoms with Gasteiger partial charge >= 0.3 is 0 Å². The van der Waals surface area contributed by atoms with E-state index >= 15 is 0 Å². The van der Waals surface area contributed by atoms with Crippen LogP contribution < -0.4 is 5.32 Å². The van der Waals surface area contributed by atoms with Crippen LogP contribution in [0.2, 0.25) is 0 Å². The molecule has 1 atom stereocenters. The second-order valence-corrected chi connectivity index (χ2v) is 8.93. The van der Waals surface area contributed by atoms with Gasteiger partial charge in [0, 0.05) is 41.7 Å². The van der Waals surface area contributed by atoms with Crippen molar-refractivity contribution < 1.29 is 4.39 Å². The van der Waals surface area contributed by atoms with Crippen molar-refractivity contribution >= 4 is 27.5 Å². The predicted octanol–water partition coefficient (Wildman–Crippen LogP) is 5.56. The van der Waals surface area contributed by atoms with Crippen molar-refractivity contribution in [3.05, 3.63) is 78.3 Å². The van der Waals surface area contributed by atoms with E-state index in [9.17, 15) is 4.39 Å². The number of fused-ring (bicyclic) bond motifs is 2. The van der Waals surface area contributed by atoms with Gasteiger partial charge in [-0.05, 0) is 49.2 Å². The quantitative estimate of drug-likeness (QED) is 0.365. The second-order valence-electron chi connectivity index (χ2n) is 8.93. The van der Waals surface area contributed by atoms with Gasteiger partial charge in [-0.15, -0.1) is 0 Å². The molecule has 168 valence electrons. The molecule has 5 aromatic rings. The number of nitrogens with zero attached hydrogens (tertiary/aromatic N) is 5. The Bertz CT molecular complexity index is 1580. The summed E-state index contributed by atoms with van der Waals surface area (Å²) in [4.78, 5) is 8.19. The SMILES string of the molecule is [C-]#[N+]c1ccc(-c2c(-c3ccc4cnn(C)c4c3)ncc3c2ccn3C[C@@H]2CCNC2)cc1F. The molecule has 4 heterocycles. The summed E-state index contributed by atoms with van der Waals surface area (Å²) >= 11 is 0. The van der Waals surface area contributed by atoms with Gasteiger partial charge in [0.25, 0.3) is 0 Å². The highest BCUT2D eigenvalue weighted by molar-refractivity contribution is 6.02. The zero-order valence-electron chi connectivity index (χ0n) is 18.8. The smallest absolute Gasteiger partial charge is 0.222 e. The maximum atomic E-state index is 14.7. The molecule has 1 aliphatic rings. The lowest BCUT2D eigenvalue weighted by Gasteiger charge is -2.15. The molecule has 1 aliphatic heterocycles. The van der Waals surface area contributed by atoms with Crippen LogP contribution in [0.4, 0.5) is 10.1 Å². The standard InChI is InChI=1S/C27H23FN6/c1-29-23-6-5-18(11-22(23)28)26-21-8-10-34(16-17-7-9-30-13-17)25(21)15-31-27(26)19-3-4-20-14-32-33(2)24(20)12-19/h3-6,8,10-12,14-15,17,30H,7,9,13,16H2,2H3/t17-/m1/s1. The normalized spacial score (nSPS) is 15.9. The van der Waals surface area contributed by atoms with Crippen molar-refractivity contribution in [2.24, 2.45) is 13.0 Å². The molecule has 1 saturated heterocycles. The summed E-state index contributed by atoms with van der Waals surface area (Å²) in [5, 5.41) is 9.86. The first kappa shape index (κ1) is 20.6. The van der Waals surface area contributed by atoms with Crippen LogP contribution in [-0.2, 0) is 13.6 Å². The van der Waals surface area contributed by atoms with E-state index < -0.39 is 5.82 Å². The monoisotopic (exact) mass is 450 g/mol. The minimum Gasteiger partial charge on any atom is -0.346 e. The fourth-order valence-electron chi connectivity index (χ4n) is 5.02. The Kier molecular flexibility index (Phi) is 4.89. The average molecular weight is 451 g/mol. The molecule has 1 fully saturated rings. The van der Waals surface area contributed by atoms with E-state index in [4.69, 9.17) is 11.6 Å². The first-order valence-electron chi connectivity index (χ1n) is 11.4. The average Bonchev–Trinajstić information content (AvgIpc) is 3.60. The number of rotatable bonds is 4. The van der Waals surface area contributed by atoms with Crippen molar-refractivity contribution in [3.8, 4) is 22.4 Å². The number of pyridine rings is 1. The van der Waals surface area contributed by atoms with Gasteiger partial charge in [0.2, 0.25) is 5.69 Å². The molecule has 0 spiro atoms. The van der Waals surface area contributed by atoms with E-state index in [1.54, 1.807) is 6.07 Å². The highest BCUT2D eigenvalue weighted by atomic mass is 19.1. The van der Waals surface area contributed by atoms with Gasteiger partial charge in [-0.1, -0.05) is 24.3 Å². The summed E-state index contributed by atoms with van der Waals surface area (Å²) in [6.45, 7) is 10.2. The van der Waals surface area contributed by atoms with E-state index in [1.807, 2.05) is 42.3 Å². The highest BCUT2D eigenvalue weighted by Gasteiger charge is 2.20. The van der Waals surface area contributed by atoms with Gasteiger partial charge in [-0.3, -0.25) is 9.67 Å². The Morgan fingerprint density at radius 3 is 2.79 bits per heavy atom. The van der Waals surface area contributed by atoms with Crippen molar-refractivity contribution in [2.75, 3.05) is 13.1 Å². The lowest BCUT2D eigenvalue weighted by Crippen LogP contribution is -2.14. The molecular weight excluding hydrogens is 427 g/mol. The number of nitrogens with one attached hydrogen (secondary N) is 1. The third kappa shape index (κ3) is 3.35. The number of benzene rings is 2. The number of hydrogen-bond acceptors (Lipinski definition) is 3. The Morgan fingerprint density at radius 1 is 1.12 bits per heavy atom. The van der Waals surface area contributed by atoms with Crippen LogP contribution in [0.15, 0.2) is 61.1 Å². The molecule has 2 aromatic carbocycles. The molecule has 0 radical (unpaired) electrons. The van der Waals surface area contributed by atoms with Gasteiger partial charge in [0.15, 0.2) is 0 Å². The maximum Gasteiger partial charge on any atom is 0.222 e. The summed E-state index contributed by atoms with van der Waals surface area (Å²) in [5.41, 5.74) is 5.36. The molecule has 6 rings (SSSR count).